The molecule has 0 radical (unpaired) electrons. The van der Waals surface area contributed by atoms with E-state index >= 15 is 0 Å². The van der Waals surface area contributed by atoms with Gasteiger partial charge in [-0.3, -0.25) is 4.79 Å². The molecule has 2 aromatic carbocycles. The molecule has 0 saturated heterocycles. The summed E-state index contributed by atoms with van der Waals surface area (Å²) in [6.07, 6.45) is 0. The van der Waals surface area contributed by atoms with Gasteiger partial charge in [0.2, 0.25) is 5.91 Å². The lowest BCUT2D eigenvalue weighted by Crippen LogP contribution is -2.06. The molecule has 3 heteroatoms. The van der Waals surface area contributed by atoms with Gasteiger partial charge in [0, 0.05) is 6.92 Å². The number of para-hydroxylation sites is 3. The molecular formula is C15H15NO2. The molecule has 0 heterocycles. The highest BCUT2D eigenvalue weighted by molar-refractivity contribution is 5.90. The molecule has 0 aliphatic rings. The van der Waals surface area contributed by atoms with Crippen LogP contribution in [0, 0.1) is 6.92 Å². The third-order valence-electron chi connectivity index (χ3n) is 2.51. The van der Waals surface area contributed by atoms with E-state index in [1.165, 1.54) is 6.92 Å². The third kappa shape index (κ3) is 2.88. The molecule has 3 nitrogen and oxygen atoms in total. The van der Waals surface area contributed by atoms with E-state index in [4.69, 9.17) is 4.74 Å². The van der Waals surface area contributed by atoms with E-state index in [-0.39, 0.29) is 5.91 Å². The van der Waals surface area contributed by atoms with Crippen molar-refractivity contribution < 1.29 is 9.53 Å². The Morgan fingerprint density at radius 2 is 1.61 bits per heavy atom. The van der Waals surface area contributed by atoms with Crippen molar-refractivity contribution in [3.63, 3.8) is 0 Å². The van der Waals surface area contributed by atoms with Crippen molar-refractivity contribution in [2.24, 2.45) is 0 Å². The fourth-order valence-electron chi connectivity index (χ4n) is 1.64. The van der Waals surface area contributed by atoms with Crippen LogP contribution in [0.25, 0.3) is 0 Å². The van der Waals surface area contributed by atoms with Crippen molar-refractivity contribution in [1.82, 2.24) is 0 Å². The molecule has 0 unspecified atom stereocenters. The van der Waals surface area contributed by atoms with Gasteiger partial charge in [-0.15, -0.1) is 0 Å². The minimum absolute atomic E-state index is 0.115. The molecule has 2 rings (SSSR count). The van der Waals surface area contributed by atoms with E-state index in [1.807, 2.05) is 55.5 Å². The molecule has 0 atom stereocenters. The number of benzene rings is 2. The van der Waals surface area contributed by atoms with E-state index in [0.717, 1.165) is 11.3 Å². The van der Waals surface area contributed by atoms with Gasteiger partial charge in [0.05, 0.1) is 5.69 Å². The first-order valence-electron chi connectivity index (χ1n) is 5.77. The molecule has 0 aliphatic carbocycles. The average molecular weight is 241 g/mol. The molecule has 92 valence electrons. The van der Waals surface area contributed by atoms with Crippen molar-refractivity contribution in [2.45, 2.75) is 13.8 Å². The lowest BCUT2D eigenvalue weighted by molar-refractivity contribution is -0.114. The first-order valence-corrected chi connectivity index (χ1v) is 5.77. The zero-order valence-corrected chi connectivity index (χ0v) is 10.4. The predicted octanol–water partition coefficient (Wildman–Crippen LogP) is 3.75. The molecule has 0 aliphatic heterocycles. The Balaban J connectivity index is 2.29. The molecular weight excluding hydrogens is 226 g/mol. The first-order chi connectivity index (χ1) is 8.66. The highest BCUT2D eigenvalue weighted by atomic mass is 16.5. The highest BCUT2D eigenvalue weighted by Gasteiger charge is 2.06. The maximum Gasteiger partial charge on any atom is 0.221 e. The summed E-state index contributed by atoms with van der Waals surface area (Å²) in [6, 6.07) is 15.1. The van der Waals surface area contributed by atoms with Crippen LogP contribution in [0.4, 0.5) is 5.69 Å². The lowest BCUT2D eigenvalue weighted by Gasteiger charge is -2.12. The van der Waals surface area contributed by atoms with Gasteiger partial charge in [-0.2, -0.15) is 0 Å². The van der Waals surface area contributed by atoms with Crippen molar-refractivity contribution in [3.8, 4) is 11.5 Å². The smallest absolute Gasteiger partial charge is 0.221 e. The third-order valence-corrected chi connectivity index (χ3v) is 2.51. The van der Waals surface area contributed by atoms with Gasteiger partial charge in [-0.05, 0) is 30.7 Å². The number of amides is 1. The summed E-state index contributed by atoms with van der Waals surface area (Å²) in [5.41, 5.74) is 1.73. The van der Waals surface area contributed by atoms with Crippen LogP contribution in [-0.2, 0) is 4.79 Å². The monoisotopic (exact) mass is 241 g/mol. The summed E-state index contributed by atoms with van der Waals surface area (Å²) in [5.74, 6) is 1.31. The van der Waals surface area contributed by atoms with Crippen LogP contribution in [-0.4, -0.2) is 5.91 Å². The van der Waals surface area contributed by atoms with Crippen LogP contribution in [0.3, 0.4) is 0 Å². The van der Waals surface area contributed by atoms with Gasteiger partial charge in [-0.1, -0.05) is 30.3 Å². The van der Waals surface area contributed by atoms with Crippen LogP contribution < -0.4 is 10.1 Å². The zero-order chi connectivity index (χ0) is 13.0. The summed E-state index contributed by atoms with van der Waals surface area (Å²) >= 11 is 0. The number of carbonyl (C=O) groups is 1. The molecule has 0 bridgehead atoms. The maximum absolute atomic E-state index is 11.1. The summed E-state index contributed by atoms with van der Waals surface area (Å²) < 4.78 is 5.83. The standard InChI is InChI=1S/C15H15NO2/c1-11-7-3-5-9-14(11)18-15-10-6-4-8-13(15)16-12(2)17/h3-10H,1-2H3,(H,16,17). The summed E-state index contributed by atoms with van der Waals surface area (Å²) in [4.78, 5) is 11.1. The van der Waals surface area contributed by atoms with E-state index in [1.54, 1.807) is 0 Å². The quantitative estimate of drug-likeness (QED) is 0.888. The number of rotatable bonds is 3. The fourth-order valence-corrected chi connectivity index (χ4v) is 1.64. The van der Waals surface area contributed by atoms with Crippen molar-refractivity contribution >= 4 is 11.6 Å². The van der Waals surface area contributed by atoms with E-state index in [9.17, 15) is 4.79 Å². The van der Waals surface area contributed by atoms with Crippen LogP contribution in [0.1, 0.15) is 12.5 Å². The predicted molar refractivity (Wildman–Crippen MR) is 72.0 cm³/mol. The Hall–Kier alpha value is -2.29. The summed E-state index contributed by atoms with van der Waals surface area (Å²) in [5, 5.41) is 2.75. The Bertz CT molecular complexity index is 564. The van der Waals surface area contributed by atoms with Crippen LogP contribution in [0.5, 0.6) is 11.5 Å². The number of ether oxygens (including phenoxy) is 1. The lowest BCUT2D eigenvalue weighted by atomic mass is 10.2. The van der Waals surface area contributed by atoms with Gasteiger partial charge in [0.1, 0.15) is 5.75 Å². The van der Waals surface area contributed by atoms with Gasteiger partial charge in [0.15, 0.2) is 5.75 Å². The van der Waals surface area contributed by atoms with Crippen LogP contribution in [0.2, 0.25) is 0 Å². The Kier molecular flexibility index (Phi) is 3.63. The normalized spacial score (nSPS) is 9.89. The zero-order valence-electron chi connectivity index (χ0n) is 10.4. The van der Waals surface area contributed by atoms with Gasteiger partial charge in [0.25, 0.3) is 0 Å². The van der Waals surface area contributed by atoms with Gasteiger partial charge in [-0.25, -0.2) is 0 Å². The van der Waals surface area contributed by atoms with Crippen LogP contribution >= 0.6 is 0 Å². The van der Waals surface area contributed by atoms with Crippen molar-refractivity contribution in [2.75, 3.05) is 5.32 Å². The number of hydrogen-bond acceptors (Lipinski definition) is 2. The Labute approximate surface area is 106 Å². The van der Waals surface area contributed by atoms with E-state index in [2.05, 4.69) is 5.32 Å². The minimum atomic E-state index is -0.115. The second kappa shape index (κ2) is 5.36. The molecule has 1 N–H and O–H groups in total. The highest BCUT2D eigenvalue weighted by Crippen LogP contribution is 2.30. The maximum atomic E-state index is 11.1. The van der Waals surface area contributed by atoms with Crippen LogP contribution in [0.15, 0.2) is 48.5 Å². The number of hydrogen-bond donors (Lipinski definition) is 1. The number of aryl methyl sites for hydroxylation is 1. The van der Waals surface area contributed by atoms with E-state index in [0.29, 0.717) is 11.4 Å². The molecule has 0 spiro atoms. The first kappa shape index (κ1) is 12.2. The van der Waals surface area contributed by atoms with Gasteiger partial charge >= 0.3 is 0 Å². The largest absolute Gasteiger partial charge is 0.455 e. The second-order valence-corrected chi connectivity index (χ2v) is 4.04. The van der Waals surface area contributed by atoms with Crippen molar-refractivity contribution in [3.05, 3.63) is 54.1 Å². The minimum Gasteiger partial charge on any atom is -0.455 e. The number of nitrogens with one attached hydrogen (secondary N) is 1. The summed E-state index contributed by atoms with van der Waals surface area (Å²) in [6.45, 7) is 3.46. The average Bonchev–Trinajstić information content (AvgIpc) is 2.34. The molecule has 0 saturated carbocycles. The van der Waals surface area contributed by atoms with E-state index < -0.39 is 0 Å². The summed E-state index contributed by atoms with van der Waals surface area (Å²) in [7, 11) is 0. The molecule has 18 heavy (non-hydrogen) atoms. The fraction of sp³-hybridized carbons (Fsp3) is 0.133. The molecule has 0 fully saturated rings. The number of anilines is 1. The molecule has 0 aromatic heterocycles. The van der Waals surface area contributed by atoms with Crippen molar-refractivity contribution in [1.29, 1.82) is 0 Å². The van der Waals surface area contributed by atoms with Gasteiger partial charge < -0.3 is 10.1 Å². The topological polar surface area (TPSA) is 38.3 Å². The molecule has 2 aromatic rings. The molecule has 1 amide bonds. The second-order valence-electron chi connectivity index (χ2n) is 4.04. The SMILES string of the molecule is CC(=O)Nc1ccccc1Oc1ccccc1C. The Morgan fingerprint density at radius 3 is 2.28 bits per heavy atom. The number of carbonyl (C=O) groups excluding carboxylic acids is 1. The Morgan fingerprint density at radius 1 is 1.00 bits per heavy atom.